The molecule has 1 aromatic heterocycles. The Labute approximate surface area is 83.1 Å². The van der Waals surface area contributed by atoms with E-state index in [-0.39, 0.29) is 0 Å². The molecule has 0 radical (unpaired) electrons. The van der Waals surface area contributed by atoms with E-state index in [1.165, 1.54) is 12.8 Å². The van der Waals surface area contributed by atoms with Crippen molar-refractivity contribution in [3.05, 3.63) is 17.8 Å². The third-order valence-electron chi connectivity index (χ3n) is 1.72. The van der Waals surface area contributed by atoms with E-state index in [1.54, 1.807) is 18.0 Å². The van der Waals surface area contributed by atoms with E-state index in [4.69, 9.17) is 5.73 Å². The van der Waals surface area contributed by atoms with Crippen LogP contribution in [-0.4, -0.2) is 16.0 Å². The normalized spacial score (nSPS) is 10.3. The Kier molecular flexibility index (Phi) is 4.78. The first-order valence-electron chi connectivity index (χ1n) is 4.52. The van der Waals surface area contributed by atoms with Crippen LogP contribution in [0.25, 0.3) is 0 Å². The van der Waals surface area contributed by atoms with E-state index in [9.17, 15) is 0 Å². The maximum atomic E-state index is 5.57. The average molecular weight is 197 g/mol. The van der Waals surface area contributed by atoms with Crippen LogP contribution < -0.4 is 5.73 Å². The molecule has 13 heavy (non-hydrogen) atoms. The summed E-state index contributed by atoms with van der Waals surface area (Å²) in [5.41, 5.74) is 6.67. The lowest BCUT2D eigenvalue weighted by Crippen LogP contribution is -2.01. The second-order valence-corrected chi connectivity index (χ2v) is 3.85. The Bertz CT molecular complexity index is 252. The summed E-state index contributed by atoms with van der Waals surface area (Å²) in [5, 5.41) is 8.88. The number of nitrogens with two attached hydrogens (primary N) is 1. The Morgan fingerprint density at radius 1 is 1.54 bits per heavy atom. The molecule has 0 amide bonds. The second kappa shape index (κ2) is 5.94. The van der Waals surface area contributed by atoms with Crippen LogP contribution in [0.4, 0.5) is 0 Å². The highest BCUT2D eigenvalue weighted by Crippen LogP contribution is 2.19. The maximum Gasteiger partial charge on any atom is 0.123 e. The Morgan fingerprint density at radius 2 is 2.38 bits per heavy atom. The van der Waals surface area contributed by atoms with Gasteiger partial charge in [-0.25, -0.2) is 0 Å². The molecule has 0 bridgehead atoms. The zero-order valence-corrected chi connectivity index (χ0v) is 8.68. The van der Waals surface area contributed by atoms with E-state index in [1.807, 2.05) is 6.07 Å². The molecule has 0 aromatic carbocycles. The summed E-state index contributed by atoms with van der Waals surface area (Å²) in [4.78, 5) is 0. The molecule has 1 rings (SSSR count). The molecule has 0 aliphatic rings. The number of rotatable bonds is 5. The monoisotopic (exact) mass is 197 g/mol. The molecule has 2 N–H and O–H groups in total. The lowest BCUT2D eigenvalue weighted by atomic mass is 10.3. The fourth-order valence-corrected chi connectivity index (χ4v) is 2.00. The number of aromatic nitrogens is 2. The van der Waals surface area contributed by atoms with Gasteiger partial charge >= 0.3 is 0 Å². The molecule has 0 fully saturated rings. The van der Waals surface area contributed by atoms with E-state index in [0.717, 1.165) is 16.3 Å². The van der Waals surface area contributed by atoms with Crippen LogP contribution in [0.15, 0.2) is 17.3 Å². The summed E-state index contributed by atoms with van der Waals surface area (Å²) < 4.78 is 0. The Hall–Kier alpha value is -0.610. The zero-order valence-electron chi connectivity index (χ0n) is 7.86. The van der Waals surface area contributed by atoms with E-state index >= 15 is 0 Å². The van der Waals surface area contributed by atoms with Crippen molar-refractivity contribution in [2.75, 3.05) is 5.75 Å². The number of hydrogen-bond acceptors (Lipinski definition) is 4. The smallest absolute Gasteiger partial charge is 0.123 e. The summed E-state index contributed by atoms with van der Waals surface area (Å²) >= 11 is 1.74. The summed E-state index contributed by atoms with van der Waals surface area (Å²) in [6.45, 7) is 2.73. The molecule has 0 spiro atoms. The Morgan fingerprint density at radius 3 is 3.08 bits per heavy atom. The second-order valence-electron chi connectivity index (χ2n) is 2.77. The first kappa shape index (κ1) is 10.5. The van der Waals surface area contributed by atoms with E-state index in [0.29, 0.717) is 6.54 Å². The van der Waals surface area contributed by atoms with Crippen molar-refractivity contribution in [3.63, 3.8) is 0 Å². The van der Waals surface area contributed by atoms with Crippen LogP contribution in [0.2, 0.25) is 0 Å². The molecular formula is C9H15N3S. The summed E-state index contributed by atoms with van der Waals surface area (Å²) in [7, 11) is 0. The van der Waals surface area contributed by atoms with Gasteiger partial charge in [0.2, 0.25) is 0 Å². The van der Waals surface area contributed by atoms with E-state index < -0.39 is 0 Å². The van der Waals surface area contributed by atoms with Crippen LogP contribution >= 0.6 is 11.8 Å². The van der Waals surface area contributed by atoms with Gasteiger partial charge in [0.05, 0.1) is 0 Å². The number of nitrogens with zero attached hydrogens (tertiary/aromatic N) is 2. The highest BCUT2D eigenvalue weighted by atomic mass is 32.2. The van der Waals surface area contributed by atoms with Gasteiger partial charge in [0.25, 0.3) is 0 Å². The number of unbranched alkanes of at least 4 members (excludes halogenated alkanes) is 1. The van der Waals surface area contributed by atoms with Crippen LogP contribution in [0.3, 0.4) is 0 Å². The molecule has 0 unspecified atom stereocenters. The van der Waals surface area contributed by atoms with Crippen molar-refractivity contribution < 1.29 is 0 Å². The van der Waals surface area contributed by atoms with Crippen molar-refractivity contribution in [2.24, 2.45) is 5.73 Å². The predicted molar refractivity (Wildman–Crippen MR) is 55.6 cm³/mol. The topological polar surface area (TPSA) is 51.8 Å². The lowest BCUT2D eigenvalue weighted by molar-refractivity contribution is 0.857. The van der Waals surface area contributed by atoms with Crippen LogP contribution in [0, 0.1) is 0 Å². The third-order valence-corrected chi connectivity index (χ3v) is 2.83. The standard InChI is InChI=1S/C9H15N3S/c1-2-3-6-13-9-8(7-10)4-5-11-12-9/h4-5H,2-3,6-7,10H2,1H3. The molecule has 1 aromatic rings. The fourth-order valence-electron chi connectivity index (χ4n) is 0.935. The average Bonchev–Trinajstić information content (AvgIpc) is 2.19. The minimum atomic E-state index is 0.546. The zero-order chi connectivity index (χ0) is 9.52. The highest BCUT2D eigenvalue weighted by Gasteiger charge is 2.01. The predicted octanol–water partition coefficient (Wildman–Crippen LogP) is 1.83. The highest BCUT2D eigenvalue weighted by molar-refractivity contribution is 7.99. The van der Waals surface area contributed by atoms with Crippen molar-refractivity contribution in [2.45, 2.75) is 31.3 Å². The van der Waals surface area contributed by atoms with Crippen molar-refractivity contribution >= 4 is 11.8 Å². The molecule has 0 saturated carbocycles. The number of hydrogen-bond donors (Lipinski definition) is 1. The largest absolute Gasteiger partial charge is 0.326 e. The SMILES string of the molecule is CCCCSc1nnccc1CN. The van der Waals surface area contributed by atoms with Gasteiger partial charge in [-0.2, -0.15) is 5.10 Å². The van der Waals surface area contributed by atoms with Crippen LogP contribution in [-0.2, 0) is 6.54 Å². The molecule has 0 saturated heterocycles. The molecule has 0 aliphatic carbocycles. The van der Waals surface area contributed by atoms with Crippen molar-refractivity contribution in [1.29, 1.82) is 0 Å². The van der Waals surface area contributed by atoms with Gasteiger partial charge in [0.1, 0.15) is 5.03 Å². The van der Waals surface area contributed by atoms with Gasteiger partial charge < -0.3 is 5.73 Å². The molecule has 0 aliphatic heterocycles. The molecule has 3 nitrogen and oxygen atoms in total. The molecule has 4 heteroatoms. The molecule has 72 valence electrons. The van der Waals surface area contributed by atoms with Crippen LogP contribution in [0.1, 0.15) is 25.3 Å². The number of thioether (sulfide) groups is 1. The Balaban J connectivity index is 2.54. The van der Waals surface area contributed by atoms with Gasteiger partial charge in [-0.3, -0.25) is 0 Å². The lowest BCUT2D eigenvalue weighted by Gasteiger charge is -2.03. The van der Waals surface area contributed by atoms with Gasteiger partial charge in [-0.15, -0.1) is 16.9 Å². The van der Waals surface area contributed by atoms with Gasteiger partial charge in [0, 0.05) is 18.3 Å². The molecule has 0 atom stereocenters. The quantitative estimate of drug-likeness (QED) is 0.578. The third kappa shape index (κ3) is 3.32. The van der Waals surface area contributed by atoms with Gasteiger partial charge in [0.15, 0.2) is 0 Å². The first-order valence-corrected chi connectivity index (χ1v) is 5.50. The summed E-state index contributed by atoms with van der Waals surface area (Å²) in [5.74, 6) is 1.10. The maximum absolute atomic E-state index is 5.57. The van der Waals surface area contributed by atoms with Gasteiger partial charge in [-0.05, 0) is 18.2 Å². The minimum absolute atomic E-state index is 0.546. The summed E-state index contributed by atoms with van der Waals surface area (Å²) in [6.07, 6.45) is 4.11. The molecule has 1 heterocycles. The minimum Gasteiger partial charge on any atom is -0.326 e. The summed E-state index contributed by atoms with van der Waals surface area (Å²) in [6, 6.07) is 1.93. The molecular weight excluding hydrogens is 182 g/mol. The van der Waals surface area contributed by atoms with Crippen molar-refractivity contribution in [1.82, 2.24) is 10.2 Å². The fraction of sp³-hybridized carbons (Fsp3) is 0.556. The first-order chi connectivity index (χ1) is 6.38. The van der Waals surface area contributed by atoms with Gasteiger partial charge in [-0.1, -0.05) is 13.3 Å². The van der Waals surface area contributed by atoms with Crippen molar-refractivity contribution in [3.8, 4) is 0 Å². The van der Waals surface area contributed by atoms with E-state index in [2.05, 4.69) is 17.1 Å². The van der Waals surface area contributed by atoms with Crippen LogP contribution in [0.5, 0.6) is 0 Å².